The van der Waals surface area contributed by atoms with Crippen molar-refractivity contribution in [2.45, 2.75) is 46.0 Å². The van der Waals surface area contributed by atoms with Crippen molar-refractivity contribution in [1.29, 1.82) is 5.26 Å². The Kier molecular flexibility index (Phi) is 4.57. The molecule has 0 bridgehead atoms. The molecule has 2 nitrogen and oxygen atoms in total. The summed E-state index contributed by atoms with van der Waals surface area (Å²) in [5.41, 5.74) is 3.46. The second kappa shape index (κ2) is 5.72. The molecule has 0 N–H and O–H groups in total. The molecular weight excluding hydrogens is 210 g/mol. The van der Waals surface area contributed by atoms with Crippen molar-refractivity contribution < 1.29 is 4.74 Å². The summed E-state index contributed by atoms with van der Waals surface area (Å²) in [5.74, 6) is 1.31. The maximum Gasteiger partial charge on any atom is 0.122 e. The summed E-state index contributed by atoms with van der Waals surface area (Å²) in [4.78, 5) is 0. The average Bonchev–Trinajstić information content (AvgIpc) is 2.31. The molecule has 0 aromatic heterocycles. The predicted molar refractivity (Wildman–Crippen MR) is 70.5 cm³/mol. The van der Waals surface area contributed by atoms with E-state index in [2.05, 4.69) is 26.0 Å². The van der Waals surface area contributed by atoms with Gasteiger partial charge in [-0.05, 0) is 42.0 Å². The highest BCUT2D eigenvalue weighted by Gasteiger charge is 2.16. The van der Waals surface area contributed by atoms with E-state index in [1.54, 1.807) is 7.11 Å². The predicted octanol–water partition coefficient (Wildman–Crippen LogP) is 4.14. The molecular formula is C15H21NO. The van der Waals surface area contributed by atoms with E-state index in [1.165, 1.54) is 5.56 Å². The Morgan fingerprint density at radius 1 is 1.29 bits per heavy atom. The number of nitriles is 1. The largest absolute Gasteiger partial charge is 0.496 e. The third-order valence-electron chi connectivity index (χ3n) is 3.18. The van der Waals surface area contributed by atoms with Crippen LogP contribution in [0.5, 0.6) is 5.75 Å². The van der Waals surface area contributed by atoms with Gasteiger partial charge in [0.05, 0.1) is 19.1 Å². The molecule has 0 aliphatic carbocycles. The van der Waals surface area contributed by atoms with Crippen molar-refractivity contribution in [2.75, 3.05) is 7.11 Å². The lowest BCUT2D eigenvalue weighted by molar-refractivity contribution is 0.407. The van der Waals surface area contributed by atoms with Crippen LogP contribution in [-0.4, -0.2) is 7.11 Å². The molecule has 0 radical (unpaired) electrons. The molecule has 17 heavy (non-hydrogen) atoms. The van der Waals surface area contributed by atoms with E-state index < -0.39 is 0 Å². The number of hydrogen-bond acceptors (Lipinski definition) is 2. The first-order valence-corrected chi connectivity index (χ1v) is 6.13. The number of rotatable bonds is 4. The first-order valence-electron chi connectivity index (χ1n) is 6.13. The molecule has 0 aliphatic heterocycles. The number of hydrogen-bond donors (Lipinski definition) is 0. The van der Waals surface area contributed by atoms with Crippen LogP contribution in [0.1, 0.15) is 55.7 Å². The number of benzene rings is 1. The van der Waals surface area contributed by atoms with Gasteiger partial charge in [-0.15, -0.1) is 0 Å². The van der Waals surface area contributed by atoms with E-state index in [4.69, 9.17) is 4.74 Å². The summed E-state index contributed by atoms with van der Waals surface area (Å²) < 4.78 is 5.41. The summed E-state index contributed by atoms with van der Waals surface area (Å²) in [6.45, 7) is 8.38. The van der Waals surface area contributed by atoms with Crippen LogP contribution in [0.15, 0.2) is 12.1 Å². The number of nitrogens with zero attached hydrogens (tertiary/aromatic N) is 1. The smallest absolute Gasteiger partial charge is 0.122 e. The Balaban J connectivity index is 3.34. The molecule has 0 spiro atoms. The van der Waals surface area contributed by atoms with Crippen LogP contribution < -0.4 is 4.74 Å². The lowest BCUT2D eigenvalue weighted by atomic mass is 9.89. The lowest BCUT2D eigenvalue weighted by Gasteiger charge is -2.18. The van der Waals surface area contributed by atoms with Crippen LogP contribution in [0.4, 0.5) is 0 Å². The molecule has 0 saturated carbocycles. The van der Waals surface area contributed by atoms with E-state index >= 15 is 0 Å². The summed E-state index contributed by atoms with van der Waals surface area (Å²) in [6.07, 6.45) is 0.848. The fraction of sp³-hybridized carbons (Fsp3) is 0.533. The lowest BCUT2D eigenvalue weighted by Crippen LogP contribution is -2.02. The molecule has 1 unspecified atom stereocenters. The minimum atomic E-state index is -0.0154. The molecule has 0 fully saturated rings. The average molecular weight is 231 g/mol. The molecule has 92 valence electrons. The highest BCUT2D eigenvalue weighted by molar-refractivity contribution is 5.46. The molecule has 1 atom stereocenters. The fourth-order valence-corrected chi connectivity index (χ4v) is 2.10. The van der Waals surface area contributed by atoms with E-state index in [0.717, 1.165) is 23.3 Å². The summed E-state index contributed by atoms with van der Waals surface area (Å²) in [6, 6.07) is 6.55. The minimum absolute atomic E-state index is 0.0154. The van der Waals surface area contributed by atoms with Gasteiger partial charge in [-0.1, -0.05) is 26.8 Å². The van der Waals surface area contributed by atoms with Gasteiger partial charge in [0.1, 0.15) is 5.75 Å². The summed E-state index contributed by atoms with van der Waals surface area (Å²) in [5, 5.41) is 9.18. The molecule has 0 amide bonds. The standard InChI is InChI=1S/C15H21NO/c1-6-12(9-16)14-8-13(10(2)3)15(17-5)7-11(14)4/h7-8,10,12H,6H2,1-5H3. The van der Waals surface area contributed by atoms with Crippen molar-refractivity contribution in [3.05, 3.63) is 28.8 Å². The van der Waals surface area contributed by atoms with Gasteiger partial charge in [-0.25, -0.2) is 0 Å². The van der Waals surface area contributed by atoms with Gasteiger partial charge in [-0.3, -0.25) is 0 Å². The van der Waals surface area contributed by atoms with Crippen LogP contribution in [0.3, 0.4) is 0 Å². The van der Waals surface area contributed by atoms with Crippen molar-refractivity contribution >= 4 is 0 Å². The SMILES string of the molecule is CCC(C#N)c1cc(C(C)C)c(OC)cc1C. The van der Waals surface area contributed by atoms with Crippen molar-refractivity contribution in [3.63, 3.8) is 0 Å². The van der Waals surface area contributed by atoms with Gasteiger partial charge in [0.25, 0.3) is 0 Å². The van der Waals surface area contributed by atoms with Crippen LogP contribution in [0, 0.1) is 18.3 Å². The molecule has 0 aliphatic rings. The summed E-state index contributed by atoms with van der Waals surface area (Å²) >= 11 is 0. The Labute approximate surface area is 104 Å². The molecule has 0 heterocycles. The quantitative estimate of drug-likeness (QED) is 0.780. The molecule has 2 heteroatoms. The minimum Gasteiger partial charge on any atom is -0.496 e. The van der Waals surface area contributed by atoms with Gasteiger partial charge in [0.2, 0.25) is 0 Å². The monoisotopic (exact) mass is 231 g/mol. The number of aryl methyl sites for hydroxylation is 1. The van der Waals surface area contributed by atoms with Crippen LogP contribution in [0.2, 0.25) is 0 Å². The van der Waals surface area contributed by atoms with E-state index in [0.29, 0.717) is 5.92 Å². The van der Waals surface area contributed by atoms with Crippen LogP contribution in [-0.2, 0) is 0 Å². The third-order valence-corrected chi connectivity index (χ3v) is 3.18. The van der Waals surface area contributed by atoms with E-state index in [-0.39, 0.29) is 5.92 Å². The Morgan fingerprint density at radius 2 is 1.94 bits per heavy atom. The number of methoxy groups -OCH3 is 1. The first-order chi connectivity index (χ1) is 8.04. The van der Waals surface area contributed by atoms with E-state index in [1.807, 2.05) is 19.9 Å². The normalized spacial score (nSPS) is 12.3. The first kappa shape index (κ1) is 13.6. The zero-order valence-electron chi connectivity index (χ0n) is 11.4. The molecule has 1 rings (SSSR count). The molecule has 1 aromatic rings. The zero-order valence-corrected chi connectivity index (χ0v) is 11.4. The van der Waals surface area contributed by atoms with Gasteiger partial charge in [0, 0.05) is 0 Å². The Morgan fingerprint density at radius 3 is 2.35 bits per heavy atom. The topological polar surface area (TPSA) is 33.0 Å². The van der Waals surface area contributed by atoms with Crippen molar-refractivity contribution in [1.82, 2.24) is 0 Å². The second-order valence-corrected chi connectivity index (χ2v) is 4.70. The van der Waals surface area contributed by atoms with Crippen molar-refractivity contribution in [3.8, 4) is 11.8 Å². The maximum absolute atomic E-state index is 9.18. The second-order valence-electron chi connectivity index (χ2n) is 4.70. The third kappa shape index (κ3) is 2.79. The molecule has 1 aromatic carbocycles. The zero-order chi connectivity index (χ0) is 13.0. The molecule has 0 saturated heterocycles. The van der Waals surface area contributed by atoms with Crippen LogP contribution >= 0.6 is 0 Å². The number of ether oxygens (including phenoxy) is 1. The van der Waals surface area contributed by atoms with Crippen LogP contribution in [0.25, 0.3) is 0 Å². The fourth-order valence-electron chi connectivity index (χ4n) is 2.10. The highest BCUT2D eigenvalue weighted by Crippen LogP contribution is 2.33. The van der Waals surface area contributed by atoms with E-state index in [9.17, 15) is 5.26 Å². The van der Waals surface area contributed by atoms with Gasteiger partial charge < -0.3 is 4.74 Å². The van der Waals surface area contributed by atoms with Gasteiger partial charge in [0.15, 0.2) is 0 Å². The van der Waals surface area contributed by atoms with Gasteiger partial charge >= 0.3 is 0 Å². The Hall–Kier alpha value is -1.49. The van der Waals surface area contributed by atoms with Crippen molar-refractivity contribution in [2.24, 2.45) is 0 Å². The maximum atomic E-state index is 9.18. The summed E-state index contributed by atoms with van der Waals surface area (Å²) in [7, 11) is 1.70. The van der Waals surface area contributed by atoms with Gasteiger partial charge in [-0.2, -0.15) is 5.26 Å². The highest BCUT2D eigenvalue weighted by atomic mass is 16.5. The Bertz CT molecular complexity index is 429.